The summed E-state index contributed by atoms with van der Waals surface area (Å²) in [7, 11) is 0. The minimum absolute atomic E-state index is 0.148. The van der Waals surface area contributed by atoms with Crippen molar-refractivity contribution in [3.8, 4) is 0 Å². The number of carbonyl (C=O) groups is 2. The number of hydrogen-bond donors (Lipinski definition) is 0. The van der Waals surface area contributed by atoms with Crippen molar-refractivity contribution in [2.24, 2.45) is 5.41 Å². The largest absolute Gasteiger partial charge is 0.299 e. The van der Waals surface area contributed by atoms with Crippen molar-refractivity contribution >= 4 is 11.6 Å². The standard InChI is InChI=1S/C16H19NO4/c1-11-6-3-4-7-13(11)14(10-17(20)21)16(12(2)18)9-5-8-15(16)19/h3-4,6-7,14H,5,8-10H2,1-2H3/t14-,16+/m0/s1. The normalized spacial score (nSPS) is 23.0. The molecule has 2 atom stereocenters. The Morgan fingerprint density at radius 2 is 2.10 bits per heavy atom. The van der Waals surface area contributed by atoms with E-state index < -0.39 is 22.8 Å². The Balaban J connectivity index is 2.59. The van der Waals surface area contributed by atoms with Crippen LogP contribution in [0.25, 0.3) is 0 Å². The molecule has 0 radical (unpaired) electrons. The first-order valence-corrected chi connectivity index (χ1v) is 7.11. The number of nitro groups is 1. The van der Waals surface area contributed by atoms with Gasteiger partial charge in [0.1, 0.15) is 17.0 Å². The van der Waals surface area contributed by atoms with Crippen molar-refractivity contribution in [1.29, 1.82) is 0 Å². The van der Waals surface area contributed by atoms with Gasteiger partial charge in [-0.05, 0) is 37.8 Å². The van der Waals surface area contributed by atoms with E-state index in [1.165, 1.54) is 6.92 Å². The molecule has 0 saturated heterocycles. The Labute approximate surface area is 123 Å². The first-order valence-electron chi connectivity index (χ1n) is 7.11. The molecule has 0 spiro atoms. The van der Waals surface area contributed by atoms with Gasteiger partial charge in [0.2, 0.25) is 6.54 Å². The van der Waals surface area contributed by atoms with Gasteiger partial charge in [0.05, 0.1) is 5.92 Å². The summed E-state index contributed by atoms with van der Waals surface area (Å²) in [6.07, 6.45) is 1.37. The van der Waals surface area contributed by atoms with E-state index in [0.29, 0.717) is 19.3 Å². The van der Waals surface area contributed by atoms with Crippen molar-refractivity contribution in [2.45, 2.75) is 39.0 Å². The fourth-order valence-corrected chi connectivity index (χ4v) is 3.52. The smallest absolute Gasteiger partial charge is 0.212 e. The Morgan fingerprint density at radius 1 is 1.43 bits per heavy atom. The monoisotopic (exact) mass is 289 g/mol. The summed E-state index contributed by atoms with van der Waals surface area (Å²) < 4.78 is 0. The van der Waals surface area contributed by atoms with Gasteiger partial charge in [0.25, 0.3) is 0 Å². The molecule has 5 heteroatoms. The lowest BCUT2D eigenvalue weighted by atomic mass is 9.67. The molecule has 1 aromatic rings. The molecule has 1 aromatic carbocycles. The molecule has 112 valence electrons. The lowest BCUT2D eigenvalue weighted by Gasteiger charge is -2.32. The summed E-state index contributed by atoms with van der Waals surface area (Å²) in [5, 5.41) is 11.1. The average Bonchev–Trinajstić information content (AvgIpc) is 2.79. The van der Waals surface area contributed by atoms with Gasteiger partial charge in [-0.3, -0.25) is 19.7 Å². The van der Waals surface area contributed by atoms with E-state index in [4.69, 9.17) is 0 Å². The van der Waals surface area contributed by atoms with E-state index in [2.05, 4.69) is 0 Å². The van der Waals surface area contributed by atoms with Gasteiger partial charge in [-0.1, -0.05) is 24.3 Å². The fraction of sp³-hybridized carbons (Fsp3) is 0.500. The molecule has 0 N–H and O–H groups in total. The van der Waals surface area contributed by atoms with E-state index in [0.717, 1.165) is 11.1 Å². The molecule has 1 fully saturated rings. The average molecular weight is 289 g/mol. The van der Waals surface area contributed by atoms with Crippen molar-refractivity contribution in [2.75, 3.05) is 6.54 Å². The van der Waals surface area contributed by atoms with Gasteiger partial charge in [-0.2, -0.15) is 0 Å². The molecular weight excluding hydrogens is 270 g/mol. The lowest BCUT2D eigenvalue weighted by Crippen LogP contribution is -2.43. The van der Waals surface area contributed by atoms with Crippen LogP contribution in [0.15, 0.2) is 24.3 Å². The van der Waals surface area contributed by atoms with Gasteiger partial charge in [0, 0.05) is 11.3 Å². The zero-order valence-electron chi connectivity index (χ0n) is 12.3. The number of benzene rings is 1. The summed E-state index contributed by atoms with van der Waals surface area (Å²) in [5.74, 6) is -1.08. The Kier molecular flexibility index (Phi) is 4.21. The van der Waals surface area contributed by atoms with Crippen molar-refractivity contribution in [3.05, 3.63) is 45.5 Å². The van der Waals surface area contributed by atoms with Gasteiger partial charge in [0.15, 0.2) is 0 Å². The maximum atomic E-state index is 12.4. The number of hydrogen-bond acceptors (Lipinski definition) is 4. The quantitative estimate of drug-likeness (QED) is 0.474. The number of nitrogens with zero attached hydrogens (tertiary/aromatic N) is 1. The van der Waals surface area contributed by atoms with E-state index >= 15 is 0 Å². The number of ketones is 2. The Hall–Kier alpha value is -2.04. The van der Waals surface area contributed by atoms with Crippen LogP contribution in [0.4, 0.5) is 0 Å². The predicted molar refractivity (Wildman–Crippen MR) is 77.8 cm³/mol. The summed E-state index contributed by atoms with van der Waals surface area (Å²) in [5.41, 5.74) is 0.392. The number of rotatable bonds is 5. The highest BCUT2D eigenvalue weighted by atomic mass is 16.6. The second kappa shape index (κ2) is 5.76. The number of Topliss-reactive ketones (excluding diaryl/α,β-unsaturated/α-hetero) is 2. The lowest BCUT2D eigenvalue weighted by molar-refractivity contribution is -0.485. The molecule has 0 aromatic heterocycles. The van der Waals surface area contributed by atoms with E-state index in [1.807, 2.05) is 19.1 Å². The van der Waals surface area contributed by atoms with E-state index in [-0.39, 0.29) is 11.6 Å². The molecule has 1 aliphatic carbocycles. The first kappa shape index (κ1) is 15.4. The third-order valence-electron chi connectivity index (χ3n) is 4.59. The molecule has 0 aliphatic heterocycles. The van der Waals surface area contributed by atoms with Crippen molar-refractivity contribution < 1.29 is 14.5 Å². The molecule has 1 aliphatic rings. The molecule has 0 amide bonds. The zero-order chi connectivity index (χ0) is 15.6. The number of aryl methyl sites for hydroxylation is 1. The van der Waals surface area contributed by atoms with Crippen LogP contribution in [0.1, 0.15) is 43.2 Å². The van der Waals surface area contributed by atoms with Crippen LogP contribution in [-0.2, 0) is 9.59 Å². The first-order chi connectivity index (χ1) is 9.89. The van der Waals surface area contributed by atoms with Crippen LogP contribution in [0.3, 0.4) is 0 Å². The van der Waals surface area contributed by atoms with Gasteiger partial charge in [-0.15, -0.1) is 0 Å². The summed E-state index contributed by atoms with van der Waals surface area (Å²) >= 11 is 0. The number of carbonyl (C=O) groups excluding carboxylic acids is 2. The highest BCUT2D eigenvalue weighted by molar-refractivity contribution is 6.08. The summed E-state index contributed by atoms with van der Waals surface area (Å²) in [4.78, 5) is 35.3. The second-order valence-corrected chi connectivity index (χ2v) is 5.73. The molecule has 0 unspecified atom stereocenters. The van der Waals surface area contributed by atoms with Gasteiger partial charge >= 0.3 is 0 Å². The highest BCUT2D eigenvalue weighted by Crippen LogP contribution is 2.48. The molecular formula is C16H19NO4. The molecule has 1 saturated carbocycles. The Morgan fingerprint density at radius 3 is 2.57 bits per heavy atom. The third-order valence-corrected chi connectivity index (χ3v) is 4.59. The van der Waals surface area contributed by atoms with Crippen molar-refractivity contribution in [1.82, 2.24) is 0 Å². The minimum atomic E-state index is -1.22. The van der Waals surface area contributed by atoms with Crippen LogP contribution < -0.4 is 0 Å². The second-order valence-electron chi connectivity index (χ2n) is 5.73. The Bertz CT molecular complexity index is 596. The molecule has 2 rings (SSSR count). The molecule has 0 bridgehead atoms. The predicted octanol–water partition coefficient (Wildman–Crippen LogP) is 2.68. The third kappa shape index (κ3) is 2.60. The summed E-state index contributed by atoms with van der Waals surface area (Å²) in [6.45, 7) is 2.85. The van der Waals surface area contributed by atoms with Crippen molar-refractivity contribution in [3.63, 3.8) is 0 Å². The molecule has 5 nitrogen and oxygen atoms in total. The maximum Gasteiger partial charge on any atom is 0.212 e. The maximum absolute atomic E-state index is 12.4. The van der Waals surface area contributed by atoms with Crippen LogP contribution in [0.5, 0.6) is 0 Å². The minimum Gasteiger partial charge on any atom is -0.299 e. The SMILES string of the molecule is CC(=O)[C@@]1([C@@H](C[N+](=O)[O-])c2ccccc2C)CCCC1=O. The van der Waals surface area contributed by atoms with Gasteiger partial charge < -0.3 is 0 Å². The van der Waals surface area contributed by atoms with Crippen LogP contribution in [0, 0.1) is 22.5 Å². The summed E-state index contributed by atoms with van der Waals surface area (Å²) in [6, 6.07) is 7.29. The van der Waals surface area contributed by atoms with E-state index in [9.17, 15) is 19.7 Å². The topological polar surface area (TPSA) is 77.3 Å². The van der Waals surface area contributed by atoms with Crippen LogP contribution in [-0.4, -0.2) is 23.0 Å². The zero-order valence-corrected chi connectivity index (χ0v) is 12.3. The van der Waals surface area contributed by atoms with E-state index in [1.54, 1.807) is 12.1 Å². The fourth-order valence-electron chi connectivity index (χ4n) is 3.52. The van der Waals surface area contributed by atoms with Crippen LogP contribution in [0.2, 0.25) is 0 Å². The molecule has 0 heterocycles. The molecule has 21 heavy (non-hydrogen) atoms. The van der Waals surface area contributed by atoms with Gasteiger partial charge in [-0.25, -0.2) is 0 Å². The van der Waals surface area contributed by atoms with Crippen LogP contribution >= 0.6 is 0 Å². The highest BCUT2D eigenvalue weighted by Gasteiger charge is 2.54.